The first-order valence-electron chi connectivity index (χ1n) is 5.93. The van der Waals surface area contributed by atoms with Gasteiger partial charge in [0, 0.05) is 10.9 Å². The number of hydrogen-bond donors (Lipinski definition) is 1. The van der Waals surface area contributed by atoms with Gasteiger partial charge in [-0.3, -0.25) is 0 Å². The van der Waals surface area contributed by atoms with Crippen LogP contribution in [0.1, 0.15) is 30.6 Å². The highest BCUT2D eigenvalue weighted by Crippen LogP contribution is 2.36. The summed E-state index contributed by atoms with van der Waals surface area (Å²) in [5.74, 6) is 0.977. The Morgan fingerprint density at radius 3 is 2.88 bits per heavy atom. The van der Waals surface area contributed by atoms with Gasteiger partial charge < -0.3 is 10.2 Å². The molecule has 1 fully saturated rings. The minimum atomic E-state index is 0.154. The van der Waals surface area contributed by atoms with Crippen molar-refractivity contribution in [1.29, 1.82) is 0 Å². The van der Waals surface area contributed by atoms with E-state index in [1.54, 1.807) is 0 Å². The molecule has 1 aromatic carbocycles. The first-order chi connectivity index (χ1) is 7.65. The lowest BCUT2D eigenvalue weighted by Gasteiger charge is -2.07. The Labute approximate surface area is 95.4 Å². The molecule has 2 nitrogen and oxygen atoms in total. The number of fused-ring (bicyclic) bond motifs is 1. The Hall–Kier alpha value is -1.28. The maximum atomic E-state index is 6.09. The summed E-state index contributed by atoms with van der Waals surface area (Å²) in [5.41, 5.74) is 8.59. The second-order valence-corrected chi connectivity index (χ2v) is 5.09. The first-order valence-corrected chi connectivity index (χ1v) is 5.93. The van der Waals surface area contributed by atoms with Gasteiger partial charge in [0.15, 0.2) is 0 Å². The molecule has 0 unspecified atom stereocenters. The molecular formula is C14H17NO. The minimum Gasteiger partial charge on any atom is -0.461 e. The van der Waals surface area contributed by atoms with E-state index in [0.717, 1.165) is 24.2 Å². The van der Waals surface area contributed by atoms with Gasteiger partial charge in [-0.15, -0.1) is 0 Å². The van der Waals surface area contributed by atoms with E-state index in [1.807, 2.05) is 6.92 Å². The molecule has 2 aromatic rings. The standard InChI is InChI=1S/C14H17NO/c1-10-8-12-9-11(2-3-13(12)16-10)4-5-14(15)6-7-14/h2-3,8-9H,4-7,15H2,1H3. The van der Waals surface area contributed by atoms with E-state index >= 15 is 0 Å². The van der Waals surface area contributed by atoms with Crippen LogP contribution >= 0.6 is 0 Å². The lowest BCUT2D eigenvalue weighted by molar-refractivity contribution is 0.578. The zero-order valence-electron chi connectivity index (χ0n) is 9.62. The highest BCUT2D eigenvalue weighted by Gasteiger charge is 2.37. The van der Waals surface area contributed by atoms with E-state index in [2.05, 4.69) is 24.3 Å². The van der Waals surface area contributed by atoms with Crippen LogP contribution in [-0.2, 0) is 6.42 Å². The van der Waals surface area contributed by atoms with Gasteiger partial charge in [0.05, 0.1) is 0 Å². The number of benzene rings is 1. The van der Waals surface area contributed by atoms with Crippen LogP contribution in [0.15, 0.2) is 28.7 Å². The van der Waals surface area contributed by atoms with Crippen LogP contribution in [0.2, 0.25) is 0 Å². The van der Waals surface area contributed by atoms with Crippen molar-refractivity contribution in [3.63, 3.8) is 0 Å². The van der Waals surface area contributed by atoms with Gasteiger partial charge in [0.1, 0.15) is 11.3 Å². The van der Waals surface area contributed by atoms with E-state index in [0.29, 0.717) is 0 Å². The fraction of sp³-hybridized carbons (Fsp3) is 0.429. The van der Waals surface area contributed by atoms with Gasteiger partial charge >= 0.3 is 0 Å². The molecule has 1 aromatic heterocycles. The fourth-order valence-corrected chi connectivity index (χ4v) is 2.18. The zero-order chi connectivity index (χ0) is 11.2. The molecule has 16 heavy (non-hydrogen) atoms. The van der Waals surface area contributed by atoms with Gasteiger partial charge in [-0.25, -0.2) is 0 Å². The van der Waals surface area contributed by atoms with Crippen molar-refractivity contribution in [3.8, 4) is 0 Å². The predicted octanol–water partition coefficient (Wildman–Crippen LogP) is 3.17. The van der Waals surface area contributed by atoms with Gasteiger partial charge in [-0.2, -0.15) is 0 Å². The van der Waals surface area contributed by atoms with Crippen LogP contribution in [-0.4, -0.2) is 5.54 Å². The summed E-state index contributed by atoms with van der Waals surface area (Å²) in [6.45, 7) is 1.98. The molecule has 1 heterocycles. The average molecular weight is 215 g/mol. The summed E-state index contributed by atoms with van der Waals surface area (Å²) < 4.78 is 5.56. The fourth-order valence-electron chi connectivity index (χ4n) is 2.18. The molecule has 1 aliphatic carbocycles. The topological polar surface area (TPSA) is 39.2 Å². The van der Waals surface area contributed by atoms with E-state index in [4.69, 9.17) is 10.2 Å². The van der Waals surface area contributed by atoms with E-state index < -0.39 is 0 Å². The molecule has 1 saturated carbocycles. The van der Waals surface area contributed by atoms with Crippen LogP contribution in [0.5, 0.6) is 0 Å². The molecule has 0 atom stereocenters. The van der Waals surface area contributed by atoms with Gasteiger partial charge in [0.25, 0.3) is 0 Å². The average Bonchev–Trinajstić information content (AvgIpc) is 2.87. The zero-order valence-corrected chi connectivity index (χ0v) is 9.62. The largest absolute Gasteiger partial charge is 0.461 e. The van der Waals surface area contributed by atoms with Gasteiger partial charge in [0.2, 0.25) is 0 Å². The predicted molar refractivity (Wildman–Crippen MR) is 65.4 cm³/mol. The van der Waals surface area contributed by atoms with E-state index in [1.165, 1.54) is 23.8 Å². The van der Waals surface area contributed by atoms with Crippen LogP contribution < -0.4 is 5.73 Å². The summed E-state index contributed by atoms with van der Waals surface area (Å²) in [6, 6.07) is 8.52. The van der Waals surface area contributed by atoms with Crippen molar-refractivity contribution in [1.82, 2.24) is 0 Å². The molecule has 0 bridgehead atoms. The quantitative estimate of drug-likeness (QED) is 0.854. The van der Waals surface area contributed by atoms with Gasteiger partial charge in [-0.05, 0) is 56.4 Å². The smallest absolute Gasteiger partial charge is 0.134 e. The van der Waals surface area contributed by atoms with Crippen LogP contribution in [0.25, 0.3) is 11.0 Å². The lowest BCUT2D eigenvalue weighted by atomic mass is 10.0. The molecule has 0 amide bonds. The summed E-state index contributed by atoms with van der Waals surface area (Å²) in [7, 11) is 0. The molecular weight excluding hydrogens is 198 g/mol. The molecule has 3 rings (SSSR count). The Bertz CT molecular complexity index is 523. The van der Waals surface area contributed by atoms with Crippen molar-refractivity contribution in [2.75, 3.05) is 0 Å². The third-order valence-corrected chi connectivity index (χ3v) is 3.51. The molecule has 0 radical (unpaired) electrons. The Morgan fingerprint density at radius 1 is 1.31 bits per heavy atom. The summed E-state index contributed by atoms with van der Waals surface area (Å²) in [5, 5.41) is 1.21. The summed E-state index contributed by atoms with van der Waals surface area (Å²) >= 11 is 0. The molecule has 0 saturated heterocycles. The third kappa shape index (κ3) is 1.85. The molecule has 84 valence electrons. The molecule has 2 N–H and O–H groups in total. The van der Waals surface area contributed by atoms with Crippen LogP contribution in [0.3, 0.4) is 0 Å². The van der Waals surface area contributed by atoms with Crippen molar-refractivity contribution >= 4 is 11.0 Å². The highest BCUT2D eigenvalue weighted by molar-refractivity contribution is 5.78. The molecule has 0 aliphatic heterocycles. The van der Waals surface area contributed by atoms with E-state index in [9.17, 15) is 0 Å². The maximum absolute atomic E-state index is 6.09. The number of rotatable bonds is 3. The maximum Gasteiger partial charge on any atom is 0.134 e. The first kappa shape index (κ1) is 9.91. The van der Waals surface area contributed by atoms with Gasteiger partial charge in [-0.1, -0.05) is 6.07 Å². The third-order valence-electron chi connectivity index (χ3n) is 3.51. The second-order valence-electron chi connectivity index (χ2n) is 5.09. The van der Waals surface area contributed by atoms with Crippen molar-refractivity contribution < 1.29 is 4.42 Å². The van der Waals surface area contributed by atoms with Crippen molar-refractivity contribution in [2.24, 2.45) is 5.73 Å². The van der Waals surface area contributed by atoms with E-state index in [-0.39, 0.29) is 5.54 Å². The van der Waals surface area contributed by atoms with Crippen LogP contribution in [0.4, 0.5) is 0 Å². The molecule has 1 aliphatic rings. The number of aryl methyl sites for hydroxylation is 2. The van der Waals surface area contributed by atoms with Crippen molar-refractivity contribution in [2.45, 2.75) is 38.1 Å². The Balaban J connectivity index is 1.81. The Kier molecular flexibility index (Phi) is 2.08. The molecule has 0 spiro atoms. The molecule has 2 heteroatoms. The number of nitrogens with two attached hydrogens (primary N) is 1. The Morgan fingerprint density at radius 2 is 2.12 bits per heavy atom. The monoisotopic (exact) mass is 215 g/mol. The lowest BCUT2D eigenvalue weighted by Crippen LogP contribution is -2.21. The second kappa shape index (κ2) is 3.36. The normalized spacial score (nSPS) is 17.9. The number of hydrogen-bond acceptors (Lipinski definition) is 2. The van der Waals surface area contributed by atoms with Crippen molar-refractivity contribution in [3.05, 3.63) is 35.6 Å². The number of furan rings is 1. The summed E-state index contributed by atoms with van der Waals surface area (Å²) in [6.07, 6.45) is 4.58. The minimum absolute atomic E-state index is 0.154. The SMILES string of the molecule is Cc1cc2cc(CCC3(N)CC3)ccc2o1. The highest BCUT2D eigenvalue weighted by atomic mass is 16.3. The summed E-state index contributed by atoms with van der Waals surface area (Å²) in [4.78, 5) is 0. The van der Waals surface area contributed by atoms with Crippen LogP contribution in [0, 0.1) is 6.92 Å².